The molecule has 0 bridgehead atoms. The number of nitrogens with zero attached hydrogens (tertiary/aromatic N) is 1. The molecule has 0 fully saturated rings. The molecule has 0 radical (unpaired) electrons. The van der Waals surface area contributed by atoms with Crippen LogP contribution in [0.5, 0.6) is 0 Å². The molecular weight excluding hydrogens is 166 g/mol. The van der Waals surface area contributed by atoms with E-state index in [0.29, 0.717) is 17.7 Å². The molecule has 1 aromatic heterocycles. The largest absolute Gasteiger partial charge is 0.387 e. The lowest BCUT2D eigenvalue weighted by Gasteiger charge is -2.07. The van der Waals surface area contributed by atoms with Crippen LogP contribution in [0.1, 0.15) is 41.9 Å². The number of rotatable bonds is 4. The molecule has 1 atom stereocenters. The summed E-state index contributed by atoms with van der Waals surface area (Å²) in [5.74, 6) is 0. The topological polar surface area (TPSA) is 50.2 Å². The third-order valence-electron chi connectivity index (χ3n) is 1.85. The summed E-state index contributed by atoms with van der Waals surface area (Å²) in [6.07, 6.45) is 3.32. The third-order valence-corrected chi connectivity index (χ3v) is 1.85. The van der Waals surface area contributed by atoms with E-state index in [1.807, 2.05) is 6.92 Å². The first-order valence-corrected chi connectivity index (χ1v) is 4.37. The third kappa shape index (κ3) is 2.63. The zero-order chi connectivity index (χ0) is 9.68. The van der Waals surface area contributed by atoms with Crippen molar-refractivity contribution in [2.75, 3.05) is 0 Å². The molecule has 0 aliphatic carbocycles. The molecule has 0 saturated carbocycles. The summed E-state index contributed by atoms with van der Waals surface area (Å²) in [7, 11) is 0. The summed E-state index contributed by atoms with van der Waals surface area (Å²) in [4.78, 5) is 14.3. The van der Waals surface area contributed by atoms with E-state index in [-0.39, 0.29) is 0 Å². The van der Waals surface area contributed by atoms with Crippen LogP contribution in [0.25, 0.3) is 0 Å². The lowest BCUT2D eigenvalue weighted by atomic mass is 10.1. The SMILES string of the molecule is CCCC(O)c1ccc(C=O)cn1. The second kappa shape index (κ2) is 4.72. The van der Waals surface area contributed by atoms with E-state index in [9.17, 15) is 9.90 Å². The molecule has 70 valence electrons. The van der Waals surface area contributed by atoms with Crippen molar-refractivity contribution in [3.05, 3.63) is 29.6 Å². The van der Waals surface area contributed by atoms with Crippen molar-refractivity contribution in [1.29, 1.82) is 0 Å². The summed E-state index contributed by atoms with van der Waals surface area (Å²) in [5.41, 5.74) is 1.17. The molecule has 0 aliphatic rings. The first-order chi connectivity index (χ1) is 6.27. The highest BCUT2D eigenvalue weighted by Crippen LogP contribution is 2.15. The number of aromatic nitrogens is 1. The summed E-state index contributed by atoms with van der Waals surface area (Å²) in [5, 5.41) is 9.53. The van der Waals surface area contributed by atoms with Gasteiger partial charge < -0.3 is 5.11 Å². The van der Waals surface area contributed by atoms with Crippen LogP contribution in [0.15, 0.2) is 18.3 Å². The average molecular weight is 179 g/mol. The van der Waals surface area contributed by atoms with E-state index in [1.165, 1.54) is 6.20 Å². The van der Waals surface area contributed by atoms with Gasteiger partial charge in [-0.3, -0.25) is 9.78 Å². The monoisotopic (exact) mass is 179 g/mol. The van der Waals surface area contributed by atoms with Crippen LogP contribution < -0.4 is 0 Å². The lowest BCUT2D eigenvalue weighted by molar-refractivity contribution is 0.112. The zero-order valence-electron chi connectivity index (χ0n) is 7.60. The molecule has 0 aliphatic heterocycles. The van der Waals surface area contributed by atoms with Crippen LogP contribution in [0.2, 0.25) is 0 Å². The number of hydrogen-bond donors (Lipinski definition) is 1. The van der Waals surface area contributed by atoms with Crippen molar-refractivity contribution < 1.29 is 9.90 Å². The molecular formula is C10H13NO2. The number of aliphatic hydroxyl groups excluding tert-OH is 1. The molecule has 13 heavy (non-hydrogen) atoms. The molecule has 0 aromatic carbocycles. The average Bonchev–Trinajstić information content (AvgIpc) is 2.18. The lowest BCUT2D eigenvalue weighted by Crippen LogP contribution is -1.99. The van der Waals surface area contributed by atoms with Crippen LogP contribution >= 0.6 is 0 Å². The van der Waals surface area contributed by atoms with Gasteiger partial charge in [0, 0.05) is 11.8 Å². The maximum Gasteiger partial charge on any atom is 0.151 e. The van der Waals surface area contributed by atoms with Gasteiger partial charge in [0.2, 0.25) is 0 Å². The van der Waals surface area contributed by atoms with Gasteiger partial charge in [0.1, 0.15) is 0 Å². The van der Waals surface area contributed by atoms with Gasteiger partial charge in [-0.1, -0.05) is 13.3 Å². The summed E-state index contributed by atoms with van der Waals surface area (Å²) in [6.45, 7) is 2.00. The summed E-state index contributed by atoms with van der Waals surface area (Å²) < 4.78 is 0. The molecule has 3 heteroatoms. The number of carbonyl (C=O) groups excluding carboxylic acids is 1. The minimum Gasteiger partial charge on any atom is -0.387 e. The number of aldehydes is 1. The van der Waals surface area contributed by atoms with Gasteiger partial charge in [0.05, 0.1) is 11.8 Å². The second-order valence-corrected chi connectivity index (χ2v) is 2.94. The zero-order valence-corrected chi connectivity index (χ0v) is 7.60. The van der Waals surface area contributed by atoms with E-state index >= 15 is 0 Å². The van der Waals surface area contributed by atoms with Crippen LogP contribution in [0, 0.1) is 0 Å². The highest BCUT2D eigenvalue weighted by Gasteiger charge is 2.06. The first-order valence-electron chi connectivity index (χ1n) is 4.37. The van der Waals surface area contributed by atoms with Gasteiger partial charge >= 0.3 is 0 Å². The second-order valence-electron chi connectivity index (χ2n) is 2.94. The van der Waals surface area contributed by atoms with Crippen molar-refractivity contribution >= 4 is 6.29 Å². The molecule has 1 aromatic rings. The maximum atomic E-state index is 10.3. The van der Waals surface area contributed by atoms with Crippen molar-refractivity contribution in [1.82, 2.24) is 4.98 Å². The Kier molecular flexibility index (Phi) is 3.58. The molecule has 0 saturated heterocycles. The number of aliphatic hydroxyl groups is 1. The standard InChI is InChI=1S/C10H13NO2/c1-2-3-10(13)9-5-4-8(7-12)6-11-9/h4-7,10,13H,2-3H2,1H3. The molecule has 0 amide bonds. The molecule has 1 N–H and O–H groups in total. The van der Waals surface area contributed by atoms with Crippen LogP contribution in [0.3, 0.4) is 0 Å². The van der Waals surface area contributed by atoms with Crippen LogP contribution in [0.4, 0.5) is 0 Å². The number of pyridine rings is 1. The number of hydrogen-bond acceptors (Lipinski definition) is 3. The van der Waals surface area contributed by atoms with Crippen molar-refractivity contribution in [3.63, 3.8) is 0 Å². The molecule has 1 unspecified atom stereocenters. The first kappa shape index (κ1) is 9.86. The Balaban J connectivity index is 2.73. The van der Waals surface area contributed by atoms with Gasteiger partial charge in [-0.15, -0.1) is 0 Å². The number of carbonyl (C=O) groups is 1. The molecule has 1 heterocycles. The fraction of sp³-hybridized carbons (Fsp3) is 0.400. The molecule has 0 spiro atoms. The van der Waals surface area contributed by atoms with E-state index < -0.39 is 6.10 Å². The highest BCUT2D eigenvalue weighted by molar-refractivity contribution is 5.73. The summed E-state index contributed by atoms with van der Waals surface area (Å²) >= 11 is 0. The molecule has 1 rings (SSSR count). The van der Waals surface area contributed by atoms with Gasteiger partial charge in [-0.05, 0) is 18.6 Å². The van der Waals surface area contributed by atoms with Crippen molar-refractivity contribution in [2.45, 2.75) is 25.9 Å². The van der Waals surface area contributed by atoms with E-state index in [0.717, 1.165) is 12.7 Å². The van der Waals surface area contributed by atoms with E-state index in [4.69, 9.17) is 0 Å². The van der Waals surface area contributed by atoms with Crippen LogP contribution in [-0.4, -0.2) is 16.4 Å². The van der Waals surface area contributed by atoms with E-state index in [2.05, 4.69) is 4.98 Å². The molecule has 3 nitrogen and oxygen atoms in total. The summed E-state index contributed by atoms with van der Waals surface area (Å²) in [6, 6.07) is 3.35. The Bertz CT molecular complexity index is 269. The Morgan fingerprint density at radius 1 is 1.62 bits per heavy atom. The Labute approximate surface area is 77.4 Å². The Hall–Kier alpha value is -1.22. The van der Waals surface area contributed by atoms with Gasteiger partial charge in [-0.2, -0.15) is 0 Å². The quantitative estimate of drug-likeness (QED) is 0.716. The Morgan fingerprint density at radius 3 is 2.85 bits per heavy atom. The predicted molar refractivity (Wildman–Crippen MR) is 49.5 cm³/mol. The smallest absolute Gasteiger partial charge is 0.151 e. The minimum absolute atomic E-state index is 0.509. The predicted octanol–water partition coefficient (Wildman–Crippen LogP) is 1.73. The minimum atomic E-state index is -0.509. The maximum absolute atomic E-state index is 10.3. The fourth-order valence-corrected chi connectivity index (χ4v) is 1.10. The van der Waals surface area contributed by atoms with Crippen molar-refractivity contribution in [3.8, 4) is 0 Å². The normalized spacial score (nSPS) is 12.5. The Morgan fingerprint density at radius 2 is 2.38 bits per heavy atom. The van der Waals surface area contributed by atoms with Crippen molar-refractivity contribution in [2.24, 2.45) is 0 Å². The van der Waals surface area contributed by atoms with E-state index in [1.54, 1.807) is 12.1 Å². The van der Waals surface area contributed by atoms with Gasteiger partial charge in [0.25, 0.3) is 0 Å². The van der Waals surface area contributed by atoms with Gasteiger partial charge in [-0.25, -0.2) is 0 Å². The van der Waals surface area contributed by atoms with Gasteiger partial charge in [0.15, 0.2) is 6.29 Å². The fourth-order valence-electron chi connectivity index (χ4n) is 1.10. The van der Waals surface area contributed by atoms with Crippen LogP contribution in [-0.2, 0) is 0 Å². The highest BCUT2D eigenvalue weighted by atomic mass is 16.3.